The van der Waals surface area contributed by atoms with Gasteiger partial charge in [0.05, 0.1) is 18.0 Å². The molecule has 94 valence electrons. The molecule has 0 spiro atoms. The number of hydrogen-bond acceptors (Lipinski definition) is 5. The molecule has 0 saturated carbocycles. The summed E-state index contributed by atoms with van der Waals surface area (Å²) in [5, 5.41) is 0.216. The lowest BCUT2D eigenvalue weighted by atomic mass is 10.2. The molecule has 0 saturated heterocycles. The third-order valence-electron chi connectivity index (χ3n) is 2.38. The van der Waals surface area contributed by atoms with Gasteiger partial charge in [-0.25, -0.2) is 9.59 Å². The summed E-state index contributed by atoms with van der Waals surface area (Å²) in [5.74, 6) is -1.49. The zero-order valence-electron chi connectivity index (χ0n) is 9.31. The van der Waals surface area contributed by atoms with E-state index in [2.05, 4.69) is 25.1 Å². The van der Waals surface area contributed by atoms with Crippen molar-refractivity contribution in [2.24, 2.45) is 0 Å². The first kappa shape index (κ1) is 12.6. The molecule has 1 heterocycles. The molecule has 0 fully saturated rings. The van der Waals surface area contributed by atoms with E-state index in [-0.39, 0.29) is 11.9 Å². The summed E-state index contributed by atoms with van der Waals surface area (Å²) in [6.07, 6.45) is 0. The van der Waals surface area contributed by atoms with Gasteiger partial charge < -0.3 is 9.15 Å². The molecule has 18 heavy (non-hydrogen) atoms. The van der Waals surface area contributed by atoms with Gasteiger partial charge in [-0.05, 0) is 18.2 Å². The summed E-state index contributed by atoms with van der Waals surface area (Å²) >= 11 is 3.21. The second-order valence-corrected chi connectivity index (χ2v) is 4.39. The predicted octanol–water partition coefficient (Wildman–Crippen LogP) is 0.890. The maximum Gasteiger partial charge on any atom is 0.422 e. The van der Waals surface area contributed by atoms with Crippen molar-refractivity contribution in [3.8, 4) is 0 Å². The summed E-state index contributed by atoms with van der Waals surface area (Å²) < 4.78 is 10.8. The largest absolute Gasteiger partial charge is 0.468 e. The molecular weight excluding hydrogens is 306 g/mol. The predicted molar refractivity (Wildman–Crippen MR) is 66.5 cm³/mol. The number of aromatic nitrogens is 1. The maximum absolute atomic E-state index is 11.6. The van der Waals surface area contributed by atoms with Crippen LogP contribution in [0.25, 0.3) is 10.9 Å². The van der Waals surface area contributed by atoms with Crippen LogP contribution in [0.1, 0.15) is 0 Å². The molecule has 2 rings (SSSR count). The van der Waals surface area contributed by atoms with E-state index in [1.807, 2.05) is 0 Å². The van der Waals surface area contributed by atoms with Crippen molar-refractivity contribution in [3.63, 3.8) is 0 Å². The van der Waals surface area contributed by atoms with E-state index in [0.717, 1.165) is 4.57 Å². The average molecular weight is 314 g/mol. The fourth-order valence-corrected chi connectivity index (χ4v) is 1.90. The molecule has 0 aliphatic rings. The summed E-state index contributed by atoms with van der Waals surface area (Å²) in [6.45, 7) is -0.308. The molecule has 0 atom stereocenters. The minimum atomic E-state index is -0.889. The minimum Gasteiger partial charge on any atom is -0.468 e. The number of fused-ring (bicyclic) bond motifs is 1. The SMILES string of the molecule is COC(=O)Cn1c(=O)oc(=O)c2cc(Br)ccc21. The highest BCUT2D eigenvalue weighted by atomic mass is 79.9. The fraction of sp³-hybridized carbons (Fsp3) is 0.182. The standard InChI is InChI=1S/C11H8BrNO5/c1-17-9(14)5-13-8-3-2-6(12)4-7(8)10(15)18-11(13)16/h2-4H,5H2,1H3. The summed E-state index contributed by atoms with van der Waals surface area (Å²) in [6, 6.07) is 4.74. The second-order valence-electron chi connectivity index (χ2n) is 3.48. The van der Waals surface area contributed by atoms with Gasteiger partial charge in [0.25, 0.3) is 0 Å². The van der Waals surface area contributed by atoms with Crippen molar-refractivity contribution >= 4 is 32.8 Å². The van der Waals surface area contributed by atoms with E-state index >= 15 is 0 Å². The molecule has 6 nitrogen and oxygen atoms in total. The molecule has 1 aromatic carbocycles. The van der Waals surface area contributed by atoms with Gasteiger partial charge in [0, 0.05) is 4.47 Å². The lowest BCUT2D eigenvalue weighted by Gasteiger charge is -2.06. The van der Waals surface area contributed by atoms with E-state index in [0.29, 0.717) is 9.99 Å². The molecule has 0 unspecified atom stereocenters. The average Bonchev–Trinajstić information content (AvgIpc) is 2.34. The number of methoxy groups -OCH3 is 1. The van der Waals surface area contributed by atoms with Crippen molar-refractivity contribution in [3.05, 3.63) is 43.6 Å². The Bertz CT molecular complexity index is 730. The first-order chi connectivity index (χ1) is 8.52. The Morgan fingerprint density at radius 3 is 2.83 bits per heavy atom. The number of benzene rings is 1. The molecular formula is C11H8BrNO5. The zero-order valence-corrected chi connectivity index (χ0v) is 10.9. The van der Waals surface area contributed by atoms with Gasteiger partial charge in [-0.1, -0.05) is 15.9 Å². The normalized spacial score (nSPS) is 10.6. The third kappa shape index (κ3) is 2.21. The topological polar surface area (TPSA) is 78.5 Å². The first-order valence-electron chi connectivity index (χ1n) is 4.93. The fourth-order valence-electron chi connectivity index (χ4n) is 1.54. The third-order valence-corrected chi connectivity index (χ3v) is 2.88. The van der Waals surface area contributed by atoms with Crippen LogP contribution in [0.4, 0.5) is 0 Å². The number of ether oxygens (including phenoxy) is 1. The van der Waals surface area contributed by atoms with Crippen LogP contribution in [0.15, 0.2) is 36.7 Å². The van der Waals surface area contributed by atoms with Crippen molar-refractivity contribution in [1.29, 1.82) is 0 Å². The van der Waals surface area contributed by atoms with Crippen LogP contribution in [0.5, 0.6) is 0 Å². The zero-order chi connectivity index (χ0) is 13.3. The van der Waals surface area contributed by atoms with Gasteiger partial charge in [-0.15, -0.1) is 0 Å². The number of nitrogens with zero attached hydrogens (tertiary/aromatic N) is 1. The van der Waals surface area contributed by atoms with Gasteiger partial charge in [0.1, 0.15) is 6.54 Å². The van der Waals surface area contributed by atoms with Crippen LogP contribution in [-0.2, 0) is 16.1 Å². The van der Waals surface area contributed by atoms with Gasteiger partial charge in [-0.2, -0.15) is 0 Å². The number of hydrogen-bond donors (Lipinski definition) is 0. The maximum atomic E-state index is 11.6. The number of rotatable bonds is 2. The number of esters is 1. The Kier molecular flexibility index (Phi) is 3.33. The lowest BCUT2D eigenvalue weighted by Crippen LogP contribution is -2.28. The highest BCUT2D eigenvalue weighted by molar-refractivity contribution is 9.10. The van der Waals surface area contributed by atoms with E-state index in [4.69, 9.17) is 0 Å². The Labute approximate surface area is 109 Å². The van der Waals surface area contributed by atoms with Gasteiger partial charge >= 0.3 is 17.4 Å². The Morgan fingerprint density at radius 2 is 2.17 bits per heavy atom. The van der Waals surface area contributed by atoms with Crippen LogP contribution >= 0.6 is 15.9 Å². The molecule has 2 aromatic rings. The molecule has 0 aliphatic heterocycles. The van der Waals surface area contributed by atoms with Crippen molar-refractivity contribution in [2.45, 2.75) is 6.54 Å². The molecule has 0 N–H and O–H groups in total. The Balaban J connectivity index is 2.76. The lowest BCUT2D eigenvalue weighted by molar-refractivity contribution is -0.141. The molecule has 0 amide bonds. The van der Waals surface area contributed by atoms with Gasteiger partial charge in [0.2, 0.25) is 0 Å². The van der Waals surface area contributed by atoms with E-state index in [1.54, 1.807) is 12.1 Å². The van der Waals surface area contributed by atoms with Crippen LogP contribution in [0.2, 0.25) is 0 Å². The van der Waals surface area contributed by atoms with Crippen LogP contribution < -0.4 is 11.4 Å². The van der Waals surface area contributed by atoms with Crippen molar-refractivity contribution < 1.29 is 13.9 Å². The van der Waals surface area contributed by atoms with E-state index in [9.17, 15) is 14.4 Å². The van der Waals surface area contributed by atoms with Crippen LogP contribution in [-0.4, -0.2) is 17.6 Å². The van der Waals surface area contributed by atoms with Gasteiger partial charge in [0.15, 0.2) is 0 Å². The quantitative estimate of drug-likeness (QED) is 0.769. The smallest absolute Gasteiger partial charge is 0.422 e. The number of halogens is 1. The molecule has 7 heteroatoms. The first-order valence-corrected chi connectivity index (χ1v) is 5.72. The van der Waals surface area contributed by atoms with Crippen molar-refractivity contribution in [1.82, 2.24) is 4.57 Å². The Morgan fingerprint density at radius 1 is 1.44 bits per heavy atom. The van der Waals surface area contributed by atoms with E-state index in [1.165, 1.54) is 13.2 Å². The molecule has 0 aliphatic carbocycles. The number of carbonyl (C=O) groups excluding carboxylic acids is 1. The van der Waals surface area contributed by atoms with Crippen LogP contribution in [0, 0.1) is 0 Å². The minimum absolute atomic E-state index is 0.216. The Hall–Kier alpha value is -1.89. The molecule has 0 bridgehead atoms. The highest BCUT2D eigenvalue weighted by Crippen LogP contribution is 2.15. The summed E-state index contributed by atoms with van der Waals surface area (Å²) in [4.78, 5) is 34.3. The van der Waals surface area contributed by atoms with E-state index < -0.39 is 17.4 Å². The van der Waals surface area contributed by atoms with Crippen LogP contribution in [0.3, 0.4) is 0 Å². The summed E-state index contributed by atoms with van der Waals surface area (Å²) in [7, 11) is 1.21. The monoisotopic (exact) mass is 313 g/mol. The van der Waals surface area contributed by atoms with Gasteiger partial charge in [-0.3, -0.25) is 9.36 Å². The second kappa shape index (κ2) is 4.77. The number of carbonyl (C=O) groups is 1. The highest BCUT2D eigenvalue weighted by Gasteiger charge is 2.12. The molecule has 0 radical (unpaired) electrons. The summed E-state index contributed by atoms with van der Waals surface area (Å²) in [5.41, 5.74) is -0.415. The molecule has 1 aromatic heterocycles. The van der Waals surface area contributed by atoms with Crippen molar-refractivity contribution in [2.75, 3.05) is 7.11 Å².